The van der Waals surface area contributed by atoms with E-state index in [1.807, 2.05) is 0 Å². The van der Waals surface area contributed by atoms with Gasteiger partial charge in [0.25, 0.3) is 0 Å². The molecule has 0 aliphatic carbocycles. The van der Waals surface area contributed by atoms with Gasteiger partial charge in [-0.2, -0.15) is 0 Å². The fraction of sp³-hybridized carbons (Fsp3) is 0.222. The lowest BCUT2D eigenvalue weighted by Gasteiger charge is -2.03. The van der Waals surface area contributed by atoms with Crippen LogP contribution < -0.4 is 10.6 Å². The normalized spacial score (nSPS) is 13.8. The van der Waals surface area contributed by atoms with E-state index in [2.05, 4.69) is 15.6 Å². The molecule has 1 aliphatic rings. The van der Waals surface area contributed by atoms with Crippen LogP contribution in [-0.2, 0) is 0 Å². The third kappa shape index (κ3) is 2.60. The molecule has 1 aromatic carbocycles. The molecule has 0 radical (unpaired) electrons. The Morgan fingerprint density at radius 3 is 2.12 bits per heavy atom. The van der Waals surface area contributed by atoms with E-state index in [4.69, 9.17) is 0 Å². The van der Waals surface area contributed by atoms with Crippen LogP contribution in [0.15, 0.2) is 11.1 Å². The highest BCUT2D eigenvalue weighted by atomic mass is 35.5. The van der Waals surface area contributed by atoms with Crippen molar-refractivity contribution in [2.45, 2.75) is 0 Å². The second kappa shape index (κ2) is 5.22. The summed E-state index contributed by atoms with van der Waals surface area (Å²) >= 11 is 0. The molecule has 1 saturated heterocycles. The molecule has 0 spiro atoms. The van der Waals surface area contributed by atoms with Crippen LogP contribution in [0.3, 0.4) is 0 Å². The van der Waals surface area contributed by atoms with Crippen molar-refractivity contribution in [2.24, 2.45) is 4.99 Å². The Morgan fingerprint density at radius 1 is 0.941 bits per heavy atom. The lowest BCUT2D eigenvalue weighted by molar-refractivity contribution is 0.436. The Balaban J connectivity index is 0.00000144. The standard InChI is InChI=1S/C9H7F4N3.ClH/c10-4-3-5(11)8(7(13)6(4)12)16-9-14-1-2-15-9;/h3H,1-2H2,(H2,14,15,16);1H. The average Bonchev–Trinajstić information content (AvgIpc) is 2.74. The number of hydrogen-bond donors (Lipinski definition) is 2. The minimum Gasteiger partial charge on any atom is -0.354 e. The minimum absolute atomic E-state index is 0. The molecule has 0 atom stereocenters. The second-order valence-electron chi connectivity index (χ2n) is 3.13. The van der Waals surface area contributed by atoms with Gasteiger partial charge in [-0.25, -0.2) is 22.6 Å². The number of halogens is 5. The van der Waals surface area contributed by atoms with Gasteiger partial charge in [-0.3, -0.25) is 0 Å². The predicted molar refractivity (Wildman–Crippen MR) is 56.6 cm³/mol. The molecule has 0 saturated carbocycles. The van der Waals surface area contributed by atoms with Crippen molar-refractivity contribution >= 4 is 24.1 Å². The zero-order valence-corrected chi connectivity index (χ0v) is 9.18. The lowest BCUT2D eigenvalue weighted by Crippen LogP contribution is -2.23. The van der Waals surface area contributed by atoms with Crippen molar-refractivity contribution in [1.29, 1.82) is 0 Å². The number of nitrogens with one attached hydrogen (secondary N) is 2. The molecule has 0 bridgehead atoms. The molecule has 1 fully saturated rings. The molecule has 0 unspecified atom stereocenters. The highest BCUT2D eigenvalue weighted by molar-refractivity contribution is 5.85. The van der Waals surface area contributed by atoms with E-state index >= 15 is 0 Å². The van der Waals surface area contributed by atoms with Gasteiger partial charge in [0.15, 0.2) is 29.2 Å². The highest BCUT2D eigenvalue weighted by Crippen LogP contribution is 2.26. The number of nitrogens with zero attached hydrogens (tertiary/aromatic N) is 1. The molecule has 1 heterocycles. The molecule has 8 heteroatoms. The fourth-order valence-electron chi connectivity index (χ4n) is 1.27. The number of benzene rings is 1. The van der Waals surface area contributed by atoms with Gasteiger partial charge in [0, 0.05) is 19.2 Å². The largest absolute Gasteiger partial charge is 0.354 e. The maximum absolute atomic E-state index is 13.2. The molecule has 1 aliphatic heterocycles. The average molecular weight is 270 g/mol. The molecule has 1 aromatic rings. The first kappa shape index (κ1) is 13.6. The Morgan fingerprint density at radius 2 is 1.53 bits per heavy atom. The van der Waals surface area contributed by atoms with Gasteiger partial charge in [0.05, 0.1) is 0 Å². The zero-order valence-electron chi connectivity index (χ0n) is 8.36. The molecule has 0 aromatic heterocycles. The van der Waals surface area contributed by atoms with Crippen LogP contribution in [0.25, 0.3) is 0 Å². The van der Waals surface area contributed by atoms with Gasteiger partial charge in [-0.1, -0.05) is 0 Å². The monoisotopic (exact) mass is 269 g/mol. The van der Waals surface area contributed by atoms with Crippen molar-refractivity contribution in [1.82, 2.24) is 10.6 Å². The summed E-state index contributed by atoms with van der Waals surface area (Å²) in [4.78, 5) is 3.50. The summed E-state index contributed by atoms with van der Waals surface area (Å²) in [6.45, 7) is 1.09. The molecule has 0 amide bonds. The van der Waals surface area contributed by atoms with E-state index in [9.17, 15) is 17.6 Å². The van der Waals surface area contributed by atoms with Gasteiger partial charge < -0.3 is 10.6 Å². The van der Waals surface area contributed by atoms with Crippen LogP contribution in [0, 0.1) is 23.3 Å². The summed E-state index contributed by atoms with van der Waals surface area (Å²) in [7, 11) is 0. The fourth-order valence-corrected chi connectivity index (χ4v) is 1.27. The lowest BCUT2D eigenvalue weighted by atomic mass is 10.2. The van der Waals surface area contributed by atoms with Gasteiger partial charge in [-0.15, -0.1) is 12.4 Å². The maximum atomic E-state index is 13.2. The summed E-state index contributed by atoms with van der Waals surface area (Å²) in [5.74, 6) is -6.08. The quantitative estimate of drug-likeness (QED) is 0.464. The molecule has 17 heavy (non-hydrogen) atoms. The van der Waals surface area contributed by atoms with E-state index in [1.54, 1.807) is 0 Å². The van der Waals surface area contributed by atoms with E-state index in [0.717, 1.165) is 0 Å². The second-order valence-corrected chi connectivity index (χ2v) is 3.13. The van der Waals surface area contributed by atoms with Crippen molar-refractivity contribution in [3.8, 4) is 0 Å². The third-order valence-electron chi connectivity index (χ3n) is 2.02. The maximum Gasteiger partial charge on any atom is 0.196 e. The van der Waals surface area contributed by atoms with Gasteiger partial charge in [0.2, 0.25) is 0 Å². The minimum atomic E-state index is -1.74. The summed E-state index contributed by atoms with van der Waals surface area (Å²) in [6.07, 6.45) is 0. The van der Waals surface area contributed by atoms with Crippen LogP contribution in [-0.4, -0.2) is 19.0 Å². The molecular formula is C9H8ClF4N3. The first-order valence-corrected chi connectivity index (χ1v) is 4.49. The van der Waals surface area contributed by atoms with Gasteiger partial charge in [-0.05, 0) is 0 Å². The van der Waals surface area contributed by atoms with Crippen LogP contribution in [0.1, 0.15) is 0 Å². The van der Waals surface area contributed by atoms with Crippen LogP contribution in [0.4, 0.5) is 23.2 Å². The topological polar surface area (TPSA) is 36.4 Å². The first-order chi connectivity index (χ1) is 7.59. The van der Waals surface area contributed by atoms with E-state index in [-0.39, 0.29) is 24.4 Å². The first-order valence-electron chi connectivity index (χ1n) is 4.49. The number of hydrogen-bond acceptors (Lipinski definition) is 1. The molecule has 3 nitrogen and oxygen atoms in total. The highest BCUT2D eigenvalue weighted by Gasteiger charge is 2.19. The number of guanidine groups is 1. The van der Waals surface area contributed by atoms with E-state index < -0.39 is 29.0 Å². The van der Waals surface area contributed by atoms with Crippen LogP contribution in [0.5, 0.6) is 0 Å². The number of rotatable bonds is 1. The smallest absolute Gasteiger partial charge is 0.196 e. The van der Waals surface area contributed by atoms with Crippen molar-refractivity contribution < 1.29 is 17.6 Å². The Hall–Kier alpha value is -1.50. The molecular weight excluding hydrogens is 262 g/mol. The predicted octanol–water partition coefficient (Wildman–Crippen LogP) is 1.85. The van der Waals surface area contributed by atoms with Crippen molar-refractivity contribution in [2.75, 3.05) is 13.1 Å². The van der Waals surface area contributed by atoms with Gasteiger partial charge in [0.1, 0.15) is 5.69 Å². The Kier molecular flexibility index (Phi) is 4.17. The van der Waals surface area contributed by atoms with Crippen molar-refractivity contribution in [3.05, 3.63) is 29.3 Å². The van der Waals surface area contributed by atoms with E-state index in [1.165, 1.54) is 0 Å². The summed E-state index contributed by atoms with van der Waals surface area (Å²) in [5.41, 5.74) is -0.851. The molecule has 2 N–H and O–H groups in total. The van der Waals surface area contributed by atoms with Gasteiger partial charge >= 0.3 is 0 Å². The Labute approximate surface area is 100 Å². The summed E-state index contributed by atoms with van der Waals surface area (Å²) in [5, 5.41) is 5.37. The number of aliphatic imine (C=N–C) groups is 1. The Bertz CT molecular complexity index is 456. The van der Waals surface area contributed by atoms with E-state index in [0.29, 0.717) is 13.1 Å². The molecule has 94 valence electrons. The van der Waals surface area contributed by atoms with Crippen LogP contribution >= 0.6 is 12.4 Å². The van der Waals surface area contributed by atoms with Crippen molar-refractivity contribution in [3.63, 3.8) is 0 Å². The molecule has 2 rings (SSSR count). The zero-order chi connectivity index (χ0) is 11.7. The summed E-state index contributed by atoms with van der Waals surface area (Å²) in [6, 6.07) is 0.257. The third-order valence-corrected chi connectivity index (χ3v) is 2.02. The summed E-state index contributed by atoms with van der Waals surface area (Å²) < 4.78 is 51.7. The SMILES string of the molecule is Cl.Fc1cc(F)c(N=C2NCCN2)c(F)c1F. The van der Waals surface area contributed by atoms with Crippen LogP contribution in [0.2, 0.25) is 0 Å².